The molecule has 2 aromatic rings. The molecule has 0 atom stereocenters. The number of hydrazone groups is 1. The molecule has 2 rings (SSSR count). The third-order valence-corrected chi connectivity index (χ3v) is 3.74. The molecule has 0 aliphatic heterocycles. The highest BCUT2D eigenvalue weighted by atomic mass is 79.9. The quantitative estimate of drug-likeness (QED) is 0.678. The number of hydrogen-bond donors (Lipinski definition) is 1. The minimum atomic E-state index is -0.402. The van der Waals surface area contributed by atoms with Crippen molar-refractivity contribution in [3.63, 3.8) is 0 Å². The van der Waals surface area contributed by atoms with Crippen molar-refractivity contribution in [1.29, 1.82) is 0 Å². The van der Waals surface area contributed by atoms with Gasteiger partial charge in [0.2, 0.25) is 5.13 Å². The molecule has 4 nitrogen and oxygen atoms in total. The fraction of sp³-hybridized carbons (Fsp3) is 0.167. The predicted molar refractivity (Wildman–Crippen MR) is 78.7 cm³/mol. The Hall–Kier alpha value is -1.47. The van der Waals surface area contributed by atoms with Crippen molar-refractivity contribution in [2.24, 2.45) is 5.10 Å². The molecular formula is C12H11BrFN3OS. The van der Waals surface area contributed by atoms with Crippen molar-refractivity contribution in [3.8, 4) is 5.75 Å². The molecule has 0 bridgehead atoms. The van der Waals surface area contributed by atoms with Crippen molar-refractivity contribution >= 4 is 38.6 Å². The minimum Gasteiger partial charge on any atom is -0.495 e. The molecule has 1 N–H and O–H groups in total. The highest BCUT2D eigenvalue weighted by Crippen LogP contribution is 2.27. The number of ether oxygens (including phenoxy) is 1. The van der Waals surface area contributed by atoms with Crippen LogP contribution in [0.15, 0.2) is 27.1 Å². The Labute approximate surface area is 122 Å². The molecule has 0 saturated carbocycles. The van der Waals surface area contributed by atoms with Crippen molar-refractivity contribution in [1.82, 2.24) is 4.98 Å². The SMILES string of the molecule is COc1cc(F)c(C=NNc2nc(C)cs2)cc1Br. The Balaban J connectivity index is 2.12. The van der Waals surface area contributed by atoms with Crippen LogP contribution in [-0.4, -0.2) is 18.3 Å². The zero-order valence-electron chi connectivity index (χ0n) is 10.3. The normalized spacial score (nSPS) is 10.9. The van der Waals surface area contributed by atoms with Crippen LogP contribution in [0.3, 0.4) is 0 Å². The molecule has 0 aliphatic rings. The lowest BCUT2D eigenvalue weighted by molar-refractivity contribution is 0.408. The molecule has 1 aromatic heterocycles. The van der Waals surface area contributed by atoms with Crippen LogP contribution >= 0.6 is 27.3 Å². The summed E-state index contributed by atoms with van der Waals surface area (Å²) in [5.74, 6) is 0.0408. The van der Waals surface area contributed by atoms with E-state index >= 15 is 0 Å². The number of nitrogens with zero attached hydrogens (tertiary/aromatic N) is 2. The number of methoxy groups -OCH3 is 1. The topological polar surface area (TPSA) is 46.5 Å². The number of halogens is 2. The Morgan fingerprint density at radius 1 is 1.53 bits per heavy atom. The number of anilines is 1. The second-order valence-corrected chi connectivity index (χ2v) is 5.38. The van der Waals surface area contributed by atoms with Gasteiger partial charge in [-0.2, -0.15) is 5.10 Å². The molecule has 1 heterocycles. The van der Waals surface area contributed by atoms with Gasteiger partial charge in [0.15, 0.2) is 0 Å². The van der Waals surface area contributed by atoms with Crippen LogP contribution in [-0.2, 0) is 0 Å². The van der Waals surface area contributed by atoms with Gasteiger partial charge in [-0.15, -0.1) is 11.3 Å². The molecule has 1 aromatic carbocycles. The van der Waals surface area contributed by atoms with E-state index in [1.54, 1.807) is 6.07 Å². The van der Waals surface area contributed by atoms with Crippen LogP contribution in [0.2, 0.25) is 0 Å². The largest absolute Gasteiger partial charge is 0.495 e. The Bertz CT molecular complexity index is 615. The fourth-order valence-corrected chi connectivity index (χ4v) is 2.52. The highest BCUT2D eigenvalue weighted by molar-refractivity contribution is 9.10. The molecule has 0 spiro atoms. The monoisotopic (exact) mass is 343 g/mol. The van der Waals surface area contributed by atoms with Gasteiger partial charge in [-0.3, -0.25) is 5.43 Å². The van der Waals surface area contributed by atoms with Gasteiger partial charge in [0.1, 0.15) is 11.6 Å². The van der Waals surface area contributed by atoms with Gasteiger partial charge in [-0.1, -0.05) is 0 Å². The average molecular weight is 344 g/mol. The summed E-state index contributed by atoms with van der Waals surface area (Å²) in [7, 11) is 1.49. The van der Waals surface area contributed by atoms with E-state index in [1.165, 1.54) is 30.7 Å². The first kappa shape index (κ1) is 14.0. The van der Waals surface area contributed by atoms with E-state index in [4.69, 9.17) is 4.74 Å². The van der Waals surface area contributed by atoms with Gasteiger partial charge in [-0.05, 0) is 28.9 Å². The molecule has 100 valence electrons. The van der Waals surface area contributed by atoms with Crippen LogP contribution in [0.1, 0.15) is 11.3 Å². The lowest BCUT2D eigenvalue weighted by atomic mass is 10.2. The van der Waals surface area contributed by atoms with Crippen LogP contribution in [0.5, 0.6) is 5.75 Å². The van der Waals surface area contributed by atoms with Gasteiger partial charge in [0.25, 0.3) is 0 Å². The van der Waals surface area contributed by atoms with Crippen molar-refractivity contribution in [2.45, 2.75) is 6.92 Å². The summed E-state index contributed by atoms with van der Waals surface area (Å²) in [5, 5.41) is 6.53. The standard InChI is InChI=1S/C12H11BrFN3OS/c1-7-6-19-12(16-7)17-15-5-8-3-9(13)11(18-2)4-10(8)14/h3-6H,1-2H3,(H,16,17). The van der Waals surface area contributed by atoms with Crippen LogP contribution in [0, 0.1) is 12.7 Å². The summed E-state index contributed by atoms with van der Waals surface area (Å²) >= 11 is 4.74. The minimum absolute atomic E-state index is 0.355. The number of aryl methyl sites for hydroxylation is 1. The summed E-state index contributed by atoms with van der Waals surface area (Å²) in [5.41, 5.74) is 4.03. The molecule has 0 amide bonds. The zero-order valence-corrected chi connectivity index (χ0v) is 12.7. The Morgan fingerprint density at radius 3 is 2.95 bits per heavy atom. The van der Waals surface area contributed by atoms with Gasteiger partial charge >= 0.3 is 0 Å². The third-order valence-electron chi connectivity index (χ3n) is 2.25. The number of rotatable bonds is 4. The molecular weight excluding hydrogens is 333 g/mol. The molecule has 0 radical (unpaired) electrons. The first-order valence-corrected chi connectivity index (χ1v) is 7.01. The maximum Gasteiger partial charge on any atom is 0.203 e. The van der Waals surface area contributed by atoms with Crippen molar-refractivity contribution in [2.75, 3.05) is 12.5 Å². The summed E-state index contributed by atoms with van der Waals surface area (Å²) < 4.78 is 19.4. The van der Waals surface area contributed by atoms with Crippen molar-refractivity contribution < 1.29 is 9.13 Å². The number of nitrogens with one attached hydrogen (secondary N) is 1. The number of aromatic nitrogens is 1. The van der Waals surface area contributed by atoms with E-state index in [0.29, 0.717) is 20.9 Å². The summed E-state index contributed by atoms with van der Waals surface area (Å²) in [6.45, 7) is 1.89. The molecule has 0 saturated heterocycles. The van der Waals surface area contributed by atoms with Gasteiger partial charge < -0.3 is 4.74 Å². The van der Waals surface area contributed by atoms with Gasteiger partial charge in [0, 0.05) is 17.0 Å². The van der Waals surface area contributed by atoms with Crippen molar-refractivity contribution in [3.05, 3.63) is 39.1 Å². The van der Waals surface area contributed by atoms with Crippen LogP contribution < -0.4 is 10.2 Å². The third kappa shape index (κ3) is 3.51. The predicted octanol–water partition coefficient (Wildman–Crippen LogP) is 3.81. The molecule has 0 aliphatic carbocycles. The molecule has 0 unspecified atom stereocenters. The second kappa shape index (κ2) is 6.12. The summed E-state index contributed by atoms with van der Waals surface area (Å²) in [4.78, 5) is 4.18. The van der Waals surface area contributed by atoms with Crippen LogP contribution in [0.25, 0.3) is 0 Å². The maximum absolute atomic E-state index is 13.7. The lowest BCUT2D eigenvalue weighted by Gasteiger charge is -2.04. The van der Waals surface area contributed by atoms with E-state index in [-0.39, 0.29) is 0 Å². The summed E-state index contributed by atoms with van der Waals surface area (Å²) in [6.07, 6.45) is 1.40. The summed E-state index contributed by atoms with van der Waals surface area (Å²) in [6, 6.07) is 2.91. The first-order valence-electron chi connectivity index (χ1n) is 5.34. The van der Waals surface area contributed by atoms with E-state index in [2.05, 4.69) is 31.4 Å². The number of hydrogen-bond acceptors (Lipinski definition) is 5. The molecule has 19 heavy (non-hydrogen) atoms. The lowest BCUT2D eigenvalue weighted by Crippen LogP contribution is -1.95. The number of benzene rings is 1. The van der Waals surface area contributed by atoms with Gasteiger partial charge in [-0.25, -0.2) is 9.37 Å². The zero-order chi connectivity index (χ0) is 13.8. The van der Waals surface area contributed by atoms with E-state index in [0.717, 1.165) is 5.69 Å². The Kier molecular flexibility index (Phi) is 4.49. The molecule has 7 heteroatoms. The van der Waals surface area contributed by atoms with E-state index < -0.39 is 5.82 Å². The first-order chi connectivity index (χ1) is 9.10. The molecule has 0 fully saturated rings. The van der Waals surface area contributed by atoms with Crippen LogP contribution in [0.4, 0.5) is 9.52 Å². The van der Waals surface area contributed by atoms with E-state index in [9.17, 15) is 4.39 Å². The van der Waals surface area contributed by atoms with E-state index in [1.807, 2.05) is 12.3 Å². The average Bonchev–Trinajstić information content (AvgIpc) is 2.79. The maximum atomic E-state index is 13.7. The highest BCUT2D eigenvalue weighted by Gasteiger charge is 2.07. The second-order valence-electron chi connectivity index (χ2n) is 3.67. The van der Waals surface area contributed by atoms with Gasteiger partial charge in [0.05, 0.1) is 23.5 Å². The Morgan fingerprint density at radius 2 is 2.32 bits per heavy atom. The number of thiazole rings is 1. The smallest absolute Gasteiger partial charge is 0.203 e. The fourth-order valence-electron chi connectivity index (χ4n) is 1.36.